The fourth-order valence-corrected chi connectivity index (χ4v) is 4.18. The van der Waals surface area contributed by atoms with Gasteiger partial charge in [0.15, 0.2) is 0 Å². The van der Waals surface area contributed by atoms with E-state index in [1.54, 1.807) is 0 Å². The Morgan fingerprint density at radius 1 is 1.50 bits per heavy atom. The molecule has 0 amide bonds. The van der Waals surface area contributed by atoms with Crippen molar-refractivity contribution < 1.29 is 7.85 Å². The summed E-state index contributed by atoms with van der Waals surface area (Å²) in [6.07, 6.45) is 1.07. The maximum atomic E-state index is 10.5. The fourth-order valence-electron chi connectivity index (χ4n) is 4.18. The molecule has 0 aliphatic heterocycles. The van der Waals surface area contributed by atoms with Crippen LogP contribution < -0.4 is 0 Å². The molecule has 0 aromatic carbocycles. The second-order valence-electron chi connectivity index (χ2n) is 5.53. The first-order chi connectivity index (χ1) is 6.27. The molecule has 0 aromatic rings. The first kappa shape index (κ1) is 5.64. The number of fused-ring (bicyclic) bond motifs is 1. The van der Waals surface area contributed by atoms with Crippen molar-refractivity contribution in [3.63, 3.8) is 0 Å². The summed E-state index contributed by atoms with van der Waals surface area (Å²) in [5.74, 6) is 0.858. The molecule has 4 atom stereocenters. The average molecular weight is 168 g/mol. The molecule has 3 aliphatic rings. The third-order valence-corrected chi connectivity index (χ3v) is 4.64. The Labute approximate surface area is 77.0 Å². The van der Waals surface area contributed by atoms with Crippen molar-refractivity contribution in [3.05, 3.63) is 0 Å². The van der Waals surface area contributed by atoms with E-state index in [0.29, 0.717) is 12.3 Å². The van der Waals surface area contributed by atoms with Crippen LogP contribution in [0.2, 0.25) is 0 Å². The van der Waals surface area contributed by atoms with Crippen LogP contribution in [0, 0.1) is 23.2 Å². The summed E-state index contributed by atoms with van der Waals surface area (Å²) in [6.45, 7) is 4.42. The van der Waals surface area contributed by atoms with Crippen LogP contribution in [0.5, 0.6) is 0 Å². The molecule has 68 valence electrons. The normalized spacial score (nSPS) is 66.4. The van der Waals surface area contributed by atoms with Gasteiger partial charge in [0.1, 0.15) is 0 Å². The lowest BCUT2D eigenvalue weighted by Crippen LogP contribution is -2.34. The number of hydrogen-bond acceptors (Lipinski definition) is 1. The Morgan fingerprint density at radius 2 is 2.25 bits per heavy atom. The van der Waals surface area contributed by atoms with Gasteiger partial charge in [0.2, 0.25) is 0 Å². The number of hydrogen-bond donors (Lipinski definition) is 1. The van der Waals surface area contributed by atoms with Crippen LogP contribution in [0.25, 0.3) is 0 Å². The Balaban J connectivity index is 2.11. The zero-order valence-electron chi connectivity index (χ0n) is 9.80. The molecule has 0 radical (unpaired) electrons. The van der Waals surface area contributed by atoms with E-state index in [-0.39, 0.29) is 17.3 Å². The first-order valence-electron chi connectivity index (χ1n) is 6.00. The standard InChI is InChI=1S/C11H18O/c1-10(2)8-5-7-3-4-11(12,6-8)9(7)10/h7-9,12H,3-6H2,1-2H3/t7-,8-,9-,11+/m1/s1/i3D2. The monoisotopic (exact) mass is 168 g/mol. The zero-order valence-corrected chi connectivity index (χ0v) is 7.80. The molecule has 0 spiro atoms. The van der Waals surface area contributed by atoms with Crippen LogP contribution >= 0.6 is 0 Å². The summed E-state index contributed by atoms with van der Waals surface area (Å²) in [4.78, 5) is 0. The summed E-state index contributed by atoms with van der Waals surface area (Å²) in [5.41, 5.74) is -0.524. The van der Waals surface area contributed by atoms with E-state index >= 15 is 0 Å². The largest absolute Gasteiger partial charge is 0.390 e. The molecule has 0 unspecified atom stereocenters. The second-order valence-corrected chi connectivity index (χ2v) is 5.53. The lowest BCUT2D eigenvalue weighted by molar-refractivity contribution is -0.0106. The lowest BCUT2D eigenvalue weighted by Gasteiger charge is -2.30. The highest BCUT2D eigenvalue weighted by molar-refractivity contribution is 5.17. The summed E-state index contributed by atoms with van der Waals surface area (Å²) < 4.78 is 16.0. The molecule has 0 saturated heterocycles. The predicted molar refractivity (Wildman–Crippen MR) is 47.7 cm³/mol. The minimum Gasteiger partial charge on any atom is -0.390 e. The van der Waals surface area contributed by atoms with Crippen molar-refractivity contribution in [2.75, 3.05) is 0 Å². The van der Waals surface area contributed by atoms with Crippen LogP contribution in [0.15, 0.2) is 0 Å². The van der Waals surface area contributed by atoms with Crippen molar-refractivity contribution >= 4 is 0 Å². The molecule has 1 nitrogen and oxygen atoms in total. The summed E-state index contributed by atoms with van der Waals surface area (Å²) in [7, 11) is 0. The van der Waals surface area contributed by atoms with Crippen molar-refractivity contribution in [2.45, 2.75) is 45.1 Å². The third kappa shape index (κ3) is 0.585. The molecule has 2 bridgehead atoms. The molecule has 0 heterocycles. The highest BCUT2D eigenvalue weighted by Gasteiger charge is 2.67. The highest BCUT2D eigenvalue weighted by atomic mass is 16.3. The third-order valence-electron chi connectivity index (χ3n) is 4.64. The Hall–Kier alpha value is -0.0400. The van der Waals surface area contributed by atoms with Gasteiger partial charge in [0, 0.05) is 2.74 Å². The van der Waals surface area contributed by atoms with Gasteiger partial charge in [-0.3, -0.25) is 0 Å². The molecule has 0 aromatic heterocycles. The Morgan fingerprint density at radius 3 is 2.75 bits per heavy atom. The Bertz CT molecular complexity index is 300. The fraction of sp³-hybridized carbons (Fsp3) is 1.00. The maximum Gasteiger partial charge on any atom is 0.0686 e. The van der Waals surface area contributed by atoms with Gasteiger partial charge in [-0.1, -0.05) is 13.8 Å². The van der Waals surface area contributed by atoms with Gasteiger partial charge in [0.25, 0.3) is 0 Å². The molecular weight excluding hydrogens is 148 g/mol. The van der Waals surface area contributed by atoms with Crippen LogP contribution in [-0.4, -0.2) is 10.7 Å². The van der Waals surface area contributed by atoms with Crippen LogP contribution in [0.3, 0.4) is 0 Å². The topological polar surface area (TPSA) is 20.2 Å². The van der Waals surface area contributed by atoms with Crippen molar-refractivity contribution in [2.24, 2.45) is 23.2 Å². The zero-order chi connectivity index (χ0) is 10.4. The maximum absolute atomic E-state index is 10.5. The van der Waals surface area contributed by atoms with Crippen LogP contribution in [0.1, 0.15) is 42.2 Å². The molecule has 3 aliphatic carbocycles. The summed E-state index contributed by atoms with van der Waals surface area (Å²) in [6, 6.07) is 0. The van der Waals surface area contributed by atoms with E-state index < -0.39 is 12.0 Å². The molecule has 3 saturated carbocycles. The van der Waals surface area contributed by atoms with Crippen molar-refractivity contribution in [1.82, 2.24) is 0 Å². The first-order valence-corrected chi connectivity index (χ1v) is 5.00. The molecule has 1 heteroatoms. The predicted octanol–water partition coefficient (Wildman–Crippen LogP) is 2.19. The number of aliphatic hydroxyl groups is 1. The molecule has 3 rings (SSSR count). The van der Waals surface area contributed by atoms with Gasteiger partial charge in [-0.05, 0) is 48.8 Å². The lowest BCUT2D eigenvalue weighted by atomic mass is 9.78. The van der Waals surface area contributed by atoms with E-state index in [1.165, 1.54) is 0 Å². The van der Waals surface area contributed by atoms with Gasteiger partial charge in [0.05, 0.1) is 5.60 Å². The Kier molecular flexibility index (Phi) is 0.820. The van der Waals surface area contributed by atoms with Gasteiger partial charge in [-0.2, -0.15) is 0 Å². The van der Waals surface area contributed by atoms with E-state index in [2.05, 4.69) is 13.8 Å². The van der Waals surface area contributed by atoms with Crippen LogP contribution in [0.4, 0.5) is 0 Å². The van der Waals surface area contributed by atoms with E-state index in [9.17, 15) is 5.11 Å². The van der Waals surface area contributed by atoms with Crippen molar-refractivity contribution in [1.29, 1.82) is 0 Å². The van der Waals surface area contributed by atoms with E-state index in [0.717, 1.165) is 12.8 Å². The SMILES string of the molecule is [2H]C1([2H])C[C@]2(O)C[C@H]3C[C@@H]1[C@@H]2C3(C)C. The van der Waals surface area contributed by atoms with Gasteiger partial charge in [-0.15, -0.1) is 0 Å². The second kappa shape index (κ2) is 1.75. The van der Waals surface area contributed by atoms with Crippen LogP contribution in [-0.2, 0) is 0 Å². The van der Waals surface area contributed by atoms with Crippen molar-refractivity contribution in [3.8, 4) is 0 Å². The minimum absolute atomic E-state index is 0.112. The average Bonchev–Trinajstić information content (AvgIpc) is 2.36. The number of rotatable bonds is 0. The molecule has 12 heavy (non-hydrogen) atoms. The molecule has 3 fully saturated rings. The quantitative estimate of drug-likeness (QED) is 0.588. The summed E-state index contributed by atoms with van der Waals surface area (Å²) in [5, 5.41) is 10.5. The van der Waals surface area contributed by atoms with E-state index in [1.807, 2.05) is 0 Å². The molecule has 1 N–H and O–H groups in total. The smallest absolute Gasteiger partial charge is 0.0686 e. The minimum atomic E-state index is -1.12. The molecular formula is C11H18O. The summed E-state index contributed by atoms with van der Waals surface area (Å²) >= 11 is 0. The highest BCUT2D eigenvalue weighted by Crippen LogP contribution is 2.69. The van der Waals surface area contributed by atoms with E-state index in [4.69, 9.17) is 2.74 Å². The van der Waals surface area contributed by atoms with Gasteiger partial charge >= 0.3 is 0 Å². The van der Waals surface area contributed by atoms with Gasteiger partial charge in [-0.25, -0.2) is 0 Å². The van der Waals surface area contributed by atoms with Gasteiger partial charge < -0.3 is 5.11 Å².